The third-order valence-corrected chi connectivity index (χ3v) is 2.99. The van der Waals surface area contributed by atoms with Crippen molar-refractivity contribution in [1.82, 2.24) is 15.1 Å². The van der Waals surface area contributed by atoms with Crippen molar-refractivity contribution in [3.63, 3.8) is 0 Å². The number of nitrogens with one attached hydrogen (secondary N) is 1. The number of hydrogen-bond donors (Lipinski definition) is 1. The second-order valence-corrected chi connectivity index (χ2v) is 5.38. The Balaban J connectivity index is 1.91. The Kier molecular flexibility index (Phi) is 4.98. The predicted octanol–water partition coefficient (Wildman–Crippen LogP) is 2.61. The standard InChI is InChI=1S/C16H21N3O2/c1-12(2)10-17-16(20)14-8-9-19(18-14)11-21-15-7-5-4-6-13(15)3/h4-9,12H,10-11H2,1-3H3,(H,17,20). The molecule has 0 saturated heterocycles. The summed E-state index contributed by atoms with van der Waals surface area (Å²) in [5.74, 6) is 1.08. The molecule has 0 radical (unpaired) electrons. The maximum Gasteiger partial charge on any atom is 0.271 e. The summed E-state index contributed by atoms with van der Waals surface area (Å²) in [5, 5.41) is 7.05. The van der Waals surface area contributed by atoms with Crippen molar-refractivity contribution in [3.8, 4) is 5.75 Å². The summed E-state index contributed by atoms with van der Waals surface area (Å²) >= 11 is 0. The second-order valence-electron chi connectivity index (χ2n) is 5.38. The van der Waals surface area contributed by atoms with Gasteiger partial charge in [-0.05, 0) is 30.5 Å². The van der Waals surface area contributed by atoms with Gasteiger partial charge in [-0.3, -0.25) is 4.79 Å². The maximum atomic E-state index is 11.9. The zero-order valence-corrected chi connectivity index (χ0v) is 12.7. The van der Waals surface area contributed by atoms with Gasteiger partial charge in [0.15, 0.2) is 6.73 Å². The fourth-order valence-corrected chi connectivity index (χ4v) is 1.80. The van der Waals surface area contributed by atoms with E-state index in [9.17, 15) is 4.79 Å². The number of amides is 1. The van der Waals surface area contributed by atoms with E-state index in [4.69, 9.17) is 4.74 Å². The fraction of sp³-hybridized carbons (Fsp3) is 0.375. The molecule has 0 spiro atoms. The first-order chi connectivity index (χ1) is 10.1. The largest absolute Gasteiger partial charge is 0.471 e. The van der Waals surface area contributed by atoms with Crippen molar-refractivity contribution < 1.29 is 9.53 Å². The summed E-state index contributed by atoms with van der Waals surface area (Å²) in [6.07, 6.45) is 1.74. The lowest BCUT2D eigenvalue weighted by Gasteiger charge is -2.08. The van der Waals surface area contributed by atoms with E-state index in [0.717, 1.165) is 11.3 Å². The van der Waals surface area contributed by atoms with Crippen LogP contribution in [-0.2, 0) is 6.73 Å². The Hall–Kier alpha value is -2.30. The summed E-state index contributed by atoms with van der Waals surface area (Å²) in [5.41, 5.74) is 1.48. The number of benzene rings is 1. The van der Waals surface area contributed by atoms with E-state index in [2.05, 4.69) is 24.3 Å². The highest BCUT2D eigenvalue weighted by molar-refractivity contribution is 5.92. The van der Waals surface area contributed by atoms with Crippen LogP contribution in [-0.4, -0.2) is 22.2 Å². The van der Waals surface area contributed by atoms with Crippen molar-refractivity contribution >= 4 is 5.91 Å². The average molecular weight is 287 g/mol. The molecule has 21 heavy (non-hydrogen) atoms. The molecule has 0 bridgehead atoms. The van der Waals surface area contributed by atoms with Gasteiger partial charge >= 0.3 is 0 Å². The molecule has 1 aromatic heterocycles. The number of aryl methyl sites for hydroxylation is 1. The van der Waals surface area contributed by atoms with Gasteiger partial charge in [-0.1, -0.05) is 32.0 Å². The highest BCUT2D eigenvalue weighted by Crippen LogP contribution is 2.16. The molecule has 0 aliphatic rings. The van der Waals surface area contributed by atoms with Crippen molar-refractivity contribution in [1.29, 1.82) is 0 Å². The van der Waals surface area contributed by atoms with Crippen LogP contribution in [0.25, 0.3) is 0 Å². The molecule has 0 aliphatic carbocycles. The summed E-state index contributed by atoms with van der Waals surface area (Å²) < 4.78 is 7.29. The highest BCUT2D eigenvalue weighted by atomic mass is 16.5. The fourth-order valence-electron chi connectivity index (χ4n) is 1.80. The minimum absolute atomic E-state index is 0.154. The van der Waals surface area contributed by atoms with E-state index < -0.39 is 0 Å². The van der Waals surface area contributed by atoms with Crippen LogP contribution in [0.1, 0.15) is 29.9 Å². The summed E-state index contributed by atoms with van der Waals surface area (Å²) in [4.78, 5) is 11.9. The van der Waals surface area contributed by atoms with Gasteiger partial charge in [-0.25, -0.2) is 4.68 Å². The molecular formula is C16H21N3O2. The van der Waals surface area contributed by atoms with Crippen molar-refractivity contribution in [2.45, 2.75) is 27.5 Å². The van der Waals surface area contributed by atoms with Gasteiger partial charge in [0.25, 0.3) is 5.91 Å². The Bertz CT molecular complexity index is 605. The van der Waals surface area contributed by atoms with Crippen molar-refractivity contribution in [3.05, 3.63) is 47.8 Å². The van der Waals surface area contributed by atoms with E-state index in [1.165, 1.54) is 0 Å². The Morgan fingerprint density at radius 1 is 1.33 bits per heavy atom. The first-order valence-electron chi connectivity index (χ1n) is 7.06. The molecule has 5 nitrogen and oxygen atoms in total. The minimum Gasteiger partial charge on any atom is -0.471 e. The smallest absolute Gasteiger partial charge is 0.271 e. The van der Waals surface area contributed by atoms with E-state index in [-0.39, 0.29) is 12.6 Å². The van der Waals surface area contributed by atoms with Crippen LogP contribution >= 0.6 is 0 Å². The summed E-state index contributed by atoms with van der Waals surface area (Å²) in [6.45, 7) is 7.01. The first kappa shape index (κ1) is 15.1. The molecule has 2 rings (SSSR count). The molecule has 0 fully saturated rings. The summed E-state index contributed by atoms with van der Waals surface area (Å²) in [7, 11) is 0. The molecule has 1 amide bonds. The molecule has 0 saturated carbocycles. The monoisotopic (exact) mass is 287 g/mol. The van der Waals surface area contributed by atoms with Gasteiger partial charge in [-0.2, -0.15) is 5.10 Å². The number of rotatable bonds is 6. The Labute approximate surface area is 124 Å². The lowest BCUT2D eigenvalue weighted by Crippen LogP contribution is -2.27. The van der Waals surface area contributed by atoms with Gasteiger partial charge in [-0.15, -0.1) is 0 Å². The molecule has 1 aromatic carbocycles. The van der Waals surface area contributed by atoms with E-state index >= 15 is 0 Å². The number of carbonyl (C=O) groups excluding carboxylic acids is 1. The lowest BCUT2D eigenvalue weighted by atomic mass is 10.2. The third kappa shape index (κ3) is 4.34. The summed E-state index contributed by atoms with van der Waals surface area (Å²) in [6, 6.07) is 9.48. The Morgan fingerprint density at radius 3 is 2.81 bits per heavy atom. The number of para-hydroxylation sites is 1. The lowest BCUT2D eigenvalue weighted by molar-refractivity contribution is 0.0942. The van der Waals surface area contributed by atoms with Crippen LogP contribution in [0.4, 0.5) is 0 Å². The zero-order chi connectivity index (χ0) is 15.2. The molecule has 0 aliphatic heterocycles. The van der Waals surface area contributed by atoms with Crippen LogP contribution in [0.3, 0.4) is 0 Å². The molecule has 2 aromatic rings. The molecule has 112 valence electrons. The predicted molar refractivity (Wildman–Crippen MR) is 81.2 cm³/mol. The topological polar surface area (TPSA) is 56.1 Å². The molecule has 5 heteroatoms. The Morgan fingerprint density at radius 2 is 2.10 bits per heavy atom. The minimum atomic E-state index is -0.154. The van der Waals surface area contributed by atoms with Gasteiger partial charge in [0, 0.05) is 12.7 Å². The van der Waals surface area contributed by atoms with Crippen LogP contribution in [0, 0.1) is 12.8 Å². The van der Waals surface area contributed by atoms with E-state index in [0.29, 0.717) is 18.2 Å². The van der Waals surface area contributed by atoms with Gasteiger partial charge in [0.1, 0.15) is 11.4 Å². The number of carbonyl (C=O) groups is 1. The van der Waals surface area contributed by atoms with Crippen molar-refractivity contribution in [2.75, 3.05) is 6.54 Å². The quantitative estimate of drug-likeness (QED) is 0.888. The van der Waals surface area contributed by atoms with Gasteiger partial charge < -0.3 is 10.1 Å². The maximum absolute atomic E-state index is 11.9. The van der Waals surface area contributed by atoms with Gasteiger partial charge in [0.05, 0.1) is 0 Å². The van der Waals surface area contributed by atoms with Crippen molar-refractivity contribution in [2.24, 2.45) is 5.92 Å². The normalized spacial score (nSPS) is 10.7. The van der Waals surface area contributed by atoms with E-state index in [1.807, 2.05) is 31.2 Å². The zero-order valence-electron chi connectivity index (χ0n) is 12.7. The van der Waals surface area contributed by atoms with Crippen LogP contribution in [0.5, 0.6) is 5.75 Å². The molecule has 1 heterocycles. The SMILES string of the molecule is Cc1ccccc1OCn1ccc(C(=O)NCC(C)C)n1. The molecule has 1 N–H and O–H groups in total. The molecule has 0 atom stereocenters. The number of nitrogens with zero attached hydrogens (tertiary/aromatic N) is 2. The number of hydrogen-bond acceptors (Lipinski definition) is 3. The van der Waals surface area contributed by atoms with E-state index in [1.54, 1.807) is 16.9 Å². The highest BCUT2D eigenvalue weighted by Gasteiger charge is 2.09. The first-order valence-corrected chi connectivity index (χ1v) is 7.06. The molecular weight excluding hydrogens is 266 g/mol. The van der Waals surface area contributed by atoms with Crippen LogP contribution in [0.15, 0.2) is 36.5 Å². The molecule has 0 unspecified atom stereocenters. The number of aromatic nitrogens is 2. The second kappa shape index (κ2) is 6.92. The third-order valence-electron chi connectivity index (χ3n) is 2.99. The van der Waals surface area contributed by atoms with Crippen LogP contribution in [0.2, 0.25) is 0 Å². The van der Waals surface area contributed by atoms with Crippen LogP contribution < -0.4 is 10.1 Å². The average Bonchev–Trinajstić information content (AvgIpc) is 2.93. The van der Waals surface area contributed by atoms with Gasteiger partial charge in [0.2, 0.25) is 0 Å². The number of ether oxygens (including phenoxy) is 1.